The van der Waals surface area contributed by atoms with Crippen LogP contribution in [0, 0.1) is 0 Å². The van der Waals surface area contributed by atoms with Crippen LogP contribution in [0.1, 0.15) is 18.4 Å². The third-order valence-corrected chi connectivity index (χ3v) is 2.03. The molecule has 0 aliphatic heterocycles. The molecule has 0 spiro atoms. The second kappa shape index (κ2) is 3.79. The molecular weight excluding hydrogens is 156 g/mol. The summed E-state index contributed by atoms with van der Waals surface area (Å²) in [7, 11) is 0. The maximum absolute atomic E-state index is 8.84. The van der Waals surface area contributed by atoms with E-state index in [1.54, 1.807) is 0 Å². The van der Waals surface area contributed by atoms with Gasteiger partial charge in [0.05, 0.1) is 0 Å². The topological polar surface area (TPSA) is 20.2 Å². The maximum Gasteiger partial charge on any atom is 0.0497 e. The maximum atomic E-state index is 8.84. The Hall–Kier alpha value is -0.470. The summed E-state index contributed by atoms with van der Waals surface area (Å²) in [5.74, 6) is 0.226. The van der Waals surface area contributed by atoms with E-state index in [1.807, 2.05) is 31.2 Å². The molecule has 1 N–H and O–H groups in total. The second-order valence-electron chi connectivity index (χ2n) is 2.68. The van der Waals surface area contributed by atoms with Crippen molar-refractivity contribution in [2.24, 2.45) is 0 Å². The van der Waals surface area contributed by atoms with E-state index >= 15 is 0 Å². The van der Waals surface area contributed by atoms with Crippen LogP contribution in [0.4, 0.5) is 0 Å². The highest BCUT2D eigenvalue weighted by Crippen LogP contribution is 2.16. The van der Waals surface area contributed by atoms with Crippen molar-refractivity contribution in [2.75, 3.05) is 6.61 Å². The van der Waals surface area contributed by atoms with E-state index in [4.69, 9.17) is 5.11 Å². The summed E-state index contributed by atoms with van der Waals surface area (Å²) in [4.78, 5) is 0.957. The number of benzene rings is 1. The van der Waals surface area contributed by atoms with Gasteiger partial charge in [0, 0.05) is 17.4 Å². The summed E-state index contributed by atoms with van der Waals surface area (Å²) >= 11 is 4.17. The van der Waals surface area contributed by atoms with Crippen LogP contribution in [0.3, 0.4) is 0 Å². The molecule has 1 aromatic rings. The van der Waals surface area contributed by atoms with Crippen LogP contribution in [-0.4, -0.2) is 11.7 Å². The van der Waals surface area contributed by atoms with Gasteiger partial charge in [-0.3, -0.25) is 0 Å². The lowest BCUT2D eigenvalue weighted by atomic mass is 10.0. The predicted octanol–water partition coefficient (Wildman–Crippen LogP) is 2.07. The van der Waals surface area contributed by atoms with Crippen LogP contribution >= 0.6 is 12.6 Å². The Balaban J connectivity index is 2.81. The van der Waals surface area contributed by atoms with E-state index in [0.717, 1.165) is 10.5 Å². The molecule has 0 saturated heterocycles. The molecule has 0 amide bonds. The first-order chi connectivity index (χ1) is 5.24. The zero-order chi connectivity index (χ0) is 8.27. The Kier molecular flexibility index (Phi) is 2.97. The SMILES string of the molecule is CC(CO)c1ccc(S)cc1. The van der Waals surface area contributed by atoms with Gasteiger partial charge in [0.15, 0.2) is 0 Å². The highest BCUT2D eigenvalue weighted by molar-refractivity contribution is 7.80. The van der Waals surface area contributed by atoms with Crippen LogP contribution in [-0.2, 0) is 0 Å². The third kappa shape index (κ3) is 2.24. The molecule has 1 atom stereocenters. The molecular formula is C9H12OS. The van der Waals surface area contributed by atoms with Crippen LogP contribution in [0.25, 0.3) is 0 Å². The minimum atomic E-state index is 0.200. The average Bonchev–Trinajstić information content (AvgIpc) is 2.05. The van der Waals surface area contributed by atoms with Gasteiger partial charge in [-0.2, -0.15) is 0 Å². The van der Waals surface area contributed by atoms with E-state index in [-0.39, 0.29) is 12.5 Å². The van der Waals surface area contributed by atoms with Crippen molar-refractivity contribution in [3.05, 3.63) is 29.8 Å². The van der Waals surface area contributed by atoms with Gasteiger partial charge in [0.2, 0.25) is 0 Å². The summed E-state index contributed by atoms with van der Waals surface area (Å²) in [5.41, 5.74) is 1.16. The summed E-state index contributed by atoms with van der Waals surface area (Å²) in [6.07, 6.45) is 0. The van der Waals surface area contributed by atoms with E-state index in [1.165, 1.54) is 0 Å². The fourth-order valence-corrected chi connectivity index (χ4v) is 1.06. The molecule has 0 aliphatic carbocycles. The predicted molar refractivity (Wildman–Crippen MR) is 49.2 cm³/mol. The third-order valence-electron chi connectivity index (χ3n) is 1.74. The number of aliphatic hydroxyl groups is 1. The first-order valence-electron chi connectivity index (χ1n) is 3.64. The van der Waals surface area contributed by atoms with E-state index in [2.05, 4.69) is 12.6 Å². The molecule has 0 aliphatic rings. The van der Waals surface area contributed by atoms with Gasteiger partial charge >= 0.3 is 0 Å². The molecule has 0 bridgehead atoms. The number of hydrogen-bond acceptors (Lipinski definition) is 2. The zero-order valence-corrected chi connectivity index (χ0v) is 7.38. The van der Waals surface area contributed by atoms with Crippen LogP contribution in [0.5, 0.6) is 0 Å². The monoisotopic (exact) mass is 168 g/mol. The first-order valence-corrected chi connectivity index (χ1v) is 4.08. The van der Waals surface area contributed by atoms with Gasteiger partial charge in [-0.25, -0.2) is 0 Å². The molecule has 0 heterocycles. The van der Waals surface area contributed by atoms with Crippen molar-refractivity contribution in [2.45, 2.75) is 17.7 Å². The summed E-state index contributed by atoms with van der Waals surface area (Å²) in [6.45, 7) is 2.19. The Bertz CT molecular complexity index is 218. The molecule has 1 nitrogen and oxygen atoms in total. The van der Waals surface area contributed by atoms with Crippen molar-refractivity contribution in [3.8, 4) is 0 Å². The highest BCUT2D eigenvalue weighted by atomic mass is 32.1. The molecule has 1 aromatic carbocycles. The quantitative estimate of drug-likeness (QED) is 0.648. The number of rotatable bonds is 2. The second-order valence-corrected chi connectivity index (χ2v) is 3.19. The fraction of sp³-hybridized carbons (Fsp3) is 0.333. The average molecular weight is 168 g/mol. The minimum Gasteiger partial charge on any atom is -0.396 e. The number of hydrogen-bond donors (Lipinski definition) is 2. The van der Waals surface area contributed by atoms with Crippen molar-refractivity contribution in [1.82, 2.24) is 0 Å². The summed E-state index contributed by atoms with van der Waals surface area (Å²) in [5, 5.41) is 8.84. The number of thiol groups is 1. The minimum absolute atomic E-state index is 0.200. The summed E-state index contributed by atoms with van der Waals surface area (Å²) in [6, 6.07) is 7.85. The molecule has 11 heavy (non-hydrogen) atoms. The van der Waals surface area contributed by atoms with Gasteiger partial charge in [0.1, 0.15) is 0 Å². The van der Waals surface area contributed by atoms with Crippen molar-refractivity contribution in [1.29, 1.82) is 0 Å². The fourth-order valence-electron chi connectivity index (χ4n) is 0.908. The lowest BCUT2D eigenvalue weighted by Gasteiger charge is -2.07. The zero-order valence-electron chi connectivity index (χ0n) is 6.49. The van der Waals surface area contributed by atoms with Gasteiger partial charge in [-0.1, -0.05) is 19.1 Å². The highest BCUT2D eigenvalue weighted by Gasteiger charge is 2.01. The molecule has 0 aromatic heterocycles. The van der Waals surface area contributed by atoms with Crippen LogP contribution in [0.15, 0.2) is 29.2 Å². The molecule has 0 saturated carbocycles. The van der Waals surface area contributed by atoms with E-state index < -0.39 is 0 Å². The van der Waals surface area contributed by atoms with Crippen molar-refractivity contribution < 1.29 is 5.11 Å². The van der Waals surface area contributed by atoms with Crippen LogP contribution < -0.4 is 0 Å². The smallest absolute Gasteiger partial charge is 0.0497 e. The van der Waals surface area contributed by atoms with E-state index in [0.29, 0.717) is 0 Å². The molecule has 1 unspecified atom stereocenters. The Morgan fingerprint density at radius 2 is 1.91 bits per heavy atom. The molecule has 1 rings (SSSR count). The number of aliphatic hydroxyl groups excluding tert-OH is 1. The van der Waals surface area contributed by atoms with Crippen LogP contribution in [0.2, 0.25) is 0 Å². The van der Waals surface area contributed by atoms with Crippen molar-refractivity contribution >= 4 is 12.6 Å². The first kappa shape index (κ1) is 8.62. The van der Waals surface area contributed by atoms with Crippen molar-refractivity contribution in [3.63, 3.8) is 0 Å². The van der Waals surface area contributed by atoms with Gasteiger partial charge in [-0.15, -0.1) is 12.6 Å². The lowest BCUT2D eigenvalue weighted by Crippen LogP contribution is -1.97. The standard InChI is InChI=1S/C9H12OS/c1-7(6-10)8-2-4-9(11)5-3-8/h2-5,7,10-11H,6H2,1H3. The lowest BCUT2D eigenvalue weighted by molar-refractivity contribution is 0.273. The van der Waals surface area contributed by atoms with Gasteiger partial charge < -0.3 is 5.11 Å². The van der Waals surface area contributed by atoms with E-state index in [9.17, 15) is 0 Å². The Morgan fingerprint density at radius 3 is 2.36 bits per heavy atom. The molecule has 0 radical (unpaired) electrons. The normalized spacial score (nSPS) is 13.0. The largest absolute Gasteiger partial charge is 0.396 e. The Labute approximate surface area is 72.5 Å². The van der Waals surface area contributed by atoms with Gasteiger partial charge in [-0.05, 0) is 17.7 Å². The Morgan fingerprint density at radius 1 is 1.36 bits per heavy atom. The summed E-state index contributed by atoms with van der Waals surface area (Å²) < 4.78 is 0. The molecule has 0 fully saturated rings. The molecule has 2 heteroatoms. The van der Waals surface area contributed by atoms with Gasteiger partial charge in [0.25, 0.3) is 0 Å². The molecule has 60 valence electrons.